The Labute approximate surface area is 181 Å². The van der Waals surface area contributed by atoms with E-state index in [4.69, 9.17) is 9.47 Å². The van der Waals surface area contributed by atoms with Crippen molar-refractivity contribution in [1.82, 2.24) is 25.5 Å². The molecule has 0 atom stereocenters. The number of halogens is 1. The van der Waals surface area contributed by atoms with Gasteiger partial charge in [-0.2, -0.15) is 4.68 Å². The third-order valence-corrected chi connectivity index (χ3v) is 5.03. The highest BCUT2D eigenvalue weighted by Gasteiger charge is 2.08. The molecule has 156 valence electrons. The molecular weight excluding hydrogens is 410 g/mol. The highest BCUT2D eigenvalue weighted by Crippen LogP contribution is 2.28. The second-order valence-corrected chi connectivity index (χ2v) is 7.07. The van der Waals surface area contributed by atoms with E-state index in [9.17, 15) is 0 Å². The number of tetrazole rings is 1. The van der Waals surface area contributed by atoms with Crippen LogP contribution in [0.4, 0.5) is 0 Å². The summed E-state index contributed by atoms with van der Waals surface area (Å²) in [4.78, 5) is 0. The van der Waals surface area contributed by atoms with Crippen molar-refractivity contribution in [3.8, 4) is 17.2 Å². The van der Waals surface area contributed by atoms with E-state index in [1.54, 1.807) is 23.6 Å². The van der Waals surface area contributed by atoms with Gasteiger partial charge in [0.2, 0.25) is 5.16 Å². The van der Waals surface area contributed by atoms with Crippen molar-refractivity contribution in [2.24, 2.45) is 0 Å². The summed E-state index contributed by atoms with van der Waals surface area (Å²) in [6.45, 7) is 4.29. The molecule has 29 heavy (non-hydrogen) atoms. The first kappa shape index (κ1) is 23.0. The highest BCUT2D eigenvalue weighted by atomic mass is 35.5. The van der Waals surface area contributed by atoms with Crippen LogP contribution in [0.2, 0.25) is 0 Å². The van der Waals surface area contributed by atoms with Gasteiger partial charge in [-0.1, -0.05) is 36.0 Å². The smallest absolute Gasteiger partial charge is 0.214 e. The number of nitrogens with one attached hydrogen (secondary N) is 1. The normalized spacial score (nSPS) is 10.4. The van der Waals surface area contributed by atoms with Gasteiger partial charge in [0.15, 0.2) is 11.5 Å². The van der Waals surface area contributed by atoms with E-state index < -0.39 is 0 Å². The molecule has 0 amide bonds. The van der Waals surface area contributed by atoms with E-state index in [-0.39, 0.29) is 12.4 Å². The van der Waals surface area contributed by atoms with Crippen molar-refractivity contribution in [2.45, 2.75) is 25.0 Å². The van der Waals surface area contributed by atoms with Gasteiger partial charge in [0, 0.05) is 12.3 Å². The summed E-state index contributed by atoms with van der Waals surface area (Å²) >= 11 is 1.66. The Bertz CT molecular complexity index is 863. The third kappa shape index (κ3) is 6.62. The topological polar surface area (TPSA) is 74.1 Å². The standard InChI is InChI=1S/C20H25N5O2S.ClH/c1-3-27-18-11-10-16(14-19(18)26-2)15-21-12-7-13-28-20-22-23-24-25(20)17-8-5-4-6-9-17;/h4-6,8-11,14,21H,3,7,12-13,15H2,1-2H3;1H. The van der Waals surface area contributed by atoms with Crippen molar-refractivity contribution >= 4 is 24.2 Å². The SMILES string of the molecule is CCOc1ccc(CNCCCSc2nnnn2-c2ccccc2)cc1OC.Cl. The predicted molar refractivity (Wildman–Crippen MR) is 118 cm³/mol. The molecule has 0 fully saturated rings. The van der Waals surface area contributed by atoms with Crippen molar-refractivity contribution in [3.05, 3.63) is 54.1 Å². The van der Waals surface area contributed by atoms with Crippen LogP contribution in [0.15, 0.2) is 53.7 Å². The van der Waals surface area contributed by atoms with E-state index in [2.05, 4.69) is 26.9 Å². The largest absolute Gasteiger partial charge is 0.493 e. The molecule has 1 aromatic heterocycles. The first-order valence-corrected chi connectivity index (χ1v) is 10.3. The molecule has 3 aromatic rings. The van der Waals surface area contributed by atoms with E-state index in [1.165, 1.54) is 5.56 Å². The van der Waals surface area contributed by atoms with Gasteiger partial charge < -0.3 is 14.8 Å². The Hall–Kier alpha value is -2.29. The summed E-state index contributed by atoms with van der Waals surface area (Å²) < 4.78 is 12.7. The minimum atomic E-state index is 0. The molecule has 1 heterocycles. The molecule has 0 saturated heterocycles. The molecule has 0 spiro atoms. The molecule has 0 aliphatic rings. The number of benzene rings is 2. The Morgan fingerprint density at radius 3 is 2.69 bits per heavy atom. The van der Waals surface area contributed by atoms with Crippen LogP contribution in [0.3, 0.4) is 0 Å². The Morgan fingerprint density at radius 1 is 1.10 bits per heavy atom. The van der Waals surface area contributed by atoms with Crippen LogP contribution in [-0.2, 0) is 6.54 Å². The summed E-state index contributed by atoms with van der Waals surface area (Å²) in [5.41, 5.74) is 2.14. The van der Waals surface area contributed by atoms with Gasteiger partial charge in [0.25, 0.3) is 0 Å². The number of hydrogen-bond donors (Lipinski definition) is 1. The van der Waals surface area contributed by atoms with Crippen LogP contribution in [0, 0.1) is 0 Å². The number of methoxy groups -OCH3 is 1. The van der Waals surface area contributed by atoms with Gasteiger partial charge in [0.1, 0.15) is 0 Å². The van der Waals surface area contributed by atoms with Gasteiger partial charge >= 0.3 is 0 Å². The van der Waals surface area contributed by atoms with Crippen LogP contribution in [-0.4, -0.2) is 46.2 Å². The molecule has 0 saturated carbocycles. The molecule has 1 N–H and O–H groups in total. The number of aromatic nitrogens is 4. The molecular formula is C20H26ClN5O2S. The fourth-order valence-electron chi connectivity index (χ4n) is 2.69. The quantitative estimate of drug-likeness (QED) is 0.363. The molecule has 3 rings (SSSR count). The lowest BCUT2D eigenvalue weighted by Gasteiger charge is -2.11. The van der Waals surface area contributed by atoms with E-state index >= 15 is 0 Å². The number of thioether (sulfide) groups is 1. The second kappa shape index (κ2) is 12.3. The summed E-state index contributed by atoms with van der Waals surface area (Å²) in [5, 5.41) is 16.3. The van der Waals surface area contributed by atoms with Gasteiger partial charge in [-0.25, -0.2) is 0 Å². The van der Waals surface area contributed by atoms with Crippen molar-refractivity contribution in [2.75, 3.05) is 26.0 Å². The Kier molecular flexibility index (Phi) is 9.76. The summed E-state index contributed by atoms with van der Waals surface area (Å²) in [6, 6.07) is 16.0. The number of para-hydroxylation sites is 1. The first-order chi connectivity index (χ1) is 13.8. The molecule has 9 heteroatoms. The summed E-state index contributed by atoms with van der Waals surface area (Å²) in [5.74, 6) is 2.48. The average molecular weight is 436 g/mol. The van der Waals surface area contributed by atoms with Gasteiger partial charge in [-0.05, 0) is 60.1 Å². The van der Waals surface area contributed by atoms with E-state index in [1.807, 2.05) is 49.4 Å². The van der Waals surface area contributed by atoms with E-state index in [0.29, 0.717) is 6.61 Å². The summed E-state index contributed by atoms with van der Waals surface area (Å²) in [6.07, 6.45) is 1.01. The maximum absolute atomic E-state index is 5.55. The minimum absolute atomic E-state index is 0. The fourth-order valence-corrected chi connectivity index (χ4v) is 3.52. The Balaban J connectivity index is 0.00000300. The number of ether oxygens (including phenoxy) is 2. The lowest BCUT2D eigenvalue weighted by Crippen LogP contribution is -2.15. The molecule has 7 nitrogen and oxygen atoms in total. The van der Waals surface area contributed by atoms with E-state index in [0.717, 1.165) is 47.6 Å². The second-order valence-electron chi connectivity index (χ2n) is 6.01. The van der Waals surface area contributed by atoms with Crippen molar-refractivity contribution in [1.29, 1.82) is 0 Å². The monoisotopic (exact) mass is 435 g/mol. The Morgan fingerprint density at radius 2 is 1.93 bits per heavy atom. The first-order valence-electron chi connectivity index (χ1n) is 9.29. The van der Waals surface area contributed by atoms with Crippen LogP contribution < -0.4 is 14.8 Å². The van der Waals surface area contributed by atoms with Crippen molar-refractivity contribution in [3.63, 3.8) is 0 Å². The fraction of sp³-hybridized carbons (Fsp3) is 0.350. The molecule has 0 unspecified atom stereocenters. The van der Waals surface area contributed by atoms with Crippen molar-refractivity contribution < 1.29 is 9.47 Å². The predicted octanol–water partition coefficient (Wildman–Crippen LogP) is 3.76. The summed E-state index contributed by atoms with van der Waals surface area (Å²) in [7, 11) is 1.66. The molecule has 0 radical (unpaired) electrons. The van der Waals surface area contributed by atoms with Gasteiger partial charge in [-0.3, -0.25) is 0 Å². The molecule has 0 aliphatic carbocycles. The molecule has 0 aliphatic heterocycles. The number of hydrogen-bond acceptors (Lipinski definition) is 7. The van der Waals surface area contributed by atoms with Crippen LogP contribution in [0.5, 0.6) is 11.5 Å². The minimum Gasteiger partial charge on any atom is -0.493 e. The van der Waals surface area contributed by atoms with Crippen LogP contribution in [0.25, 0.3) is 5.69 Å². The van der Waals surface area contributed by atoms with Crippen LogP contribution in [0.1, 0.15) is 18.9 Å². The maximum Gasteiger partial charge on any atom is 0.214 e. The van der Waals surface area contributed by atoms with Gasteiger partial charge in [0.05, 0.1) is 19.4 Å². The lowest BCUT2D eigenvalue weighted by molar-refractivity contribution is 0.310. The lowest BCUT2D eigenvalue weighted by atomic mass is 10.2. The third-order valence-electron chi connectivity index (χ3n) is 4.03. The highest BCUT2D eigenvalue weighted by molar-refractivity contribution is 7.99. The number of rotatable bonds is 11. The zero-order chi connectivity index (χ0) is 19.6. The average Bonchev–Trinajstić information content (AvgIpc) is 3.21. The molecule has 0 bridgehead atoms. The van der Waals surface area contributed by atoms with Crippen LogP contribution >= 0.6 is 24.2 Å². The zero-order valence-electron chi connectivity index (χ0n) is 16.6. The molecule has 2 aromatic carbocycles. The maximum atomic E-state index is 5.55. The van der Waals surface area contributed by atoms with Gasteiger partial charge in [-0.15, -0.1) is 17.5 Å². The zero-order valence-corrected chi connectivity index (χ0v) is 18.2. The number of nitrogens with zero attached hydrogens (tertiary/aromatic N) is 4.